The number of amides is 4. The van der Waals surface area contributed by atoms with Crippen LogP contribution in [0, 0.1) is 10.1 Å². The first-order valence-electron chi connectivity index (χ1n) is 9.27. The van der Waals surface area contributed by atoms with Crippen LogP contribution in [-0.2, 0) is 9.59 Å². The molecule has 4 amide bonds. The molecular weight excluding hydrogens is 418 g/mol. The molecule has 10 heteroatoms. The van der Waals surface area contributed by atoms with Gasteiger partial charge in [-0.2, -0.15) is 0 Å². The van der Waals surface area contributed by atoms with Gasteiger partial charge in [0.15, 0.2) is 0 Å². The summed E-state index contributed by atoms with van der Waals surface area (Å²) in [5.41, 5.74) is 0.302. The molecule has 1 aliphatic rings. The smallest absolute Gasteiger partial charge is 0.335 e. The number of nitrogens with one attached hydrogen (secondary N) is 1. The molecule has 1 fully saturated rings. The van der Waals surface area contributed by atoms with Crippen molar-refractivity contribution in [2.24, 2.45) is 0 Å². The summed E-state index contributed by atoms with van der Waals surface area (Å²) in [5.74, 6) is -0.675. The van der Waals surface area contributed by atoms with Gasteiger partial charge in [-0.25, -0.2) is 9.69 Å². The van der Waals surface area contributed by atoms with Crippen LogP contribution in [0.15, 0.2) is 70.7 Å². The molecule has 0 aliphatic carbocycles. The third-order valence-corrected chi connectivity index (χ3v) is 4.69. The fraction of sp³-hybridized carbons (Fsp3) is 0.0455. The number of furan rings is 1. The van der Waals surface area contributed by atoms with Crippen LogP contribution < -0.4 is 15.0 Å². The lowest BCUT2D eigenvalue weighted by Gasteiger charge is -2.26. The molecule has 4 rings (SSSR count). The second kappa shape index (κ2) is 8.19. The molecule has 0 saturated carbocycles. The third kappa shape index (κ3) is 3.84. The van der Waals surface area contributed by atoms with Gasteiger partial charge in [0.1, 0.15) is 22.8 Å². The molecular formula is C22H15N3O7. The molecule has 10 nitrogen and oxygen atoms in total. The molecule has 3 aromatic rings. The molecule has 1 N–H and O–H groups in total. The predicted octanol–water partition coefficient (Wildman–Crippen LogP) is 3.53. The Kier molecular flexibility index (Phi) is 5.25. The normalized spacial score (nSPS) is 15.1. The summed E-state index contributed by atoms with van der Waals surface area (Å²) in [6, 6.07) is 14.2. The van der Waals surface area contributed by atoms with E-state index in [1.54, 1.807) is 24.3 Å². The molecule has 0 spiro atoms. The van der Waals surface area contributed by atoms with Gasteiger partial charge in [0.2, 0.25) is 0 Å². The van der Waals surface area contributed by atoms with Crippen molar-refractivity contribution >= 4 is 35.3 Å². The minimum absolute atomic E-state index is 0.103. The molecule has 32 heavy (non-hydrogen) atoms. The van der Waals surface area contributed by atoms with Crippen LogP contribution in [0.2, 0.25) is 0 Å². The number of rotatable bonds is 5. The Labute approximate surface area is 180 Å². The van der Waals surface area contributed by atoms with Crippen molar-refractivity contribution in [2.45, 2.75) is 0 Å². The van der Waals surface area contributed by atoms with Crippen molar-refractivity contribution in [2.75, 3.05) is 12.0 Å². The fourth-order valence-electron chi connectivity index (χ4n) is 3.12. The van der Waals surface area contributed by atoms with E-state index in [4.69, 9.17) is 9.15 Å². The highest BCUT2D eigenvalue weighted by Gasteiger charge is 2.37. The number of methoxy groups -OCH3 is 1. The summed E-state index contributed by atoms with van der Waals surface area (Å²) < 4.78 is 10.7. The van der Waals surface area contributed by atoms with Crippen molar-refractivity contribution in [1.29, 1.82) is 0 Å². The van der Waals surface area contributed by atoms with Gasteiger partial charge in [-0.05, 0) is 42.5 Å². The number of barbiturate groups is 1. The number of nitrogens with zero attached hydrogens (tertiary/aromatic N) is 2. The Morgan fingerprint density at radius 2 is 1.81 bits per heavy atom. The van der Waals surface area contributed by atoms with Crippen LogP contribution in [0.25, 0.3) is 17.4 Å². The number of nitro groups is 1. The average Bonchev–Trinajstić information content (AvgIpc) is 3.26. The zero-order valence-corrected chi connectivity index (χ0v) is 16.6. The van der Waals surface area contributed by atoms with Crippen LogP contribution >= 0.6 is 0 Å². The Balaban J connectivity index is 1.65. The first-order chi connectivity index (χ1) is 15.4. The highest BCUT2D eigenvalue weighted by atomic mass is 16.6. The molecule has 0 unspecified atom stereocenters. The number of anilines is 1. The van der Waals surface area contributed by atoms with Gasteiger partial charge < -0.3 is 9.15 Å². The Morgan fingerprint density at radius 3 is 2.50 bits per heavy atom. The molecule has 0 atom stereocenters. The summed E-state index contributed by atoms with van der Waals surface area (Å²) in [6.45, 7) is 0. The van der Waals surface area contributed by atoms with E-state index < -0.39 is 22.8 Å². The van der Waals surface area contributed by atoms with Crippen molar-refractivity contribution < 1.29 is 28.5 Å². The standard InChI is InChI=1S/C22H15N3O7/c1-31-16-7-5-14(6-8-16)24-21(27)18(20(26)23-22(24)28)12-17-9-10-19(32-17)13-3-2-4-15(11-13)25(29)30/h2-12H,1H3,(H,23,26,28)/b18-12+. The summed E-state index contributed by atoms with van der Waals surface area (Å²) in [5, 5.41) is 13.1. The van der Waals surface area contributed by atoms with Gasteiger partial charge in [0, 0.05) is 17.7 Å². The minimum atomic E-state index is -0.876. The molecule has 0 bridgehead atoms. The van der Waals surface area contributed by atoms with Gasteiger partial charge in [0.05, 0.1) is 17.7 Å². The van der Waals surface area contributed by atoms with Gasteiger partial charge in [-0.1, -0.05) is 12.1 Å². The maximum absolute atomic E-state index is 12.9. The van der Waals surface area contributed by atoms with Gasteiger partial charge in [-0.15, -0.1) is 0 Å². The molecule has 2 aromatic carbocycles. The van der Waals surface area contributed by atoms with E-state index in [9.17, 15) is 24.5 Å². The van der Waals surface area contributed by atoms with Crippen molar-refractivity contribution in [3.63, 3.8) is 0 Å². The Morgan fingerprint density at radius 1 is 1.06 bits per heavy atom. The number of hydrogen-bond acceptors (Lipinski definition) is 7. The number of benzene rings is 2. The second-order valence-corrected chi connectivity index (χ2v) is 6.67. The fourth-order valence-corrected chi connectivity index (χ4v) is 3.12. The molecule has 0 radical (unpaired) electrons. The zero-order chi connectivity index (χ0) is 22.8. The van der Waals surface area contributed by atoms with Gasteiger partial charge >= 0.3 is 6.03 Å². The second-order valence-electron chi connectivity index (χ2n) is 6.67. The first kappa shape index (κ1) is 20.5. The first-order valence-corrected chi connectivity index (χ1v) is 9.27. The lowest BCUT2D eigenvalue weighted by Crippen LogP contribution is -2.54. The SMILES string of the molecule is COc1ccc(N2C(=O)NC(=O)/C(=C\c3ccc(-c4cccc([N+](=O)[O-])c4)o3)C2=O)cc1. The number of hydrogen-bond donors (Lipinski definition) is 1. The Bertz CT molecular complexity index is 1270. The van der Waals surface area contributed by atoms with Crippen LogP contribution in [-0.4, -0.2) is 29.9 Å². The molecule has 160 valence electrons. The lowest BCUT2D eigenvalue weighted by atomic mass is 10.1. The molecule has 1 aromatic heterocycles. The maximum Gasteiger partial charge on any atom is 0.335 e. The quantitative estimate of drug-likeness (QED) is 0.282. The largest absolute Gasteiger partial charge is 0.497 e. The molecule has 2 heterocycles. The van der Waals surface area contributed by atoms with Crippen molar-refractivity contribution in [3.05, 3.63) is 82.1 Å². The minimum Gasteiger partial charge on any atom is -0.497 e. The Hall–Kier alpha value is -4.73. The number of nitro benzene ring substituents is 1. The summed E-state index contributed by atoms with van der Waals surface area (Å²) >= 11 is 0. The summed E-state index contributed by atoms with van der Waals surface area (Å²) in [6.07, 6.45) is 1.21. The van der Waals surface area contributed by atoms with Gasteiger partial charge in [-0.3, -0.25) is 25.0 Å². The maximum atomic E-state index is 12.9. The van der Waals surface area contributed by atoms with Crippen LogP contribution in [0.5, 0.6) is 5.75 Å². The monoisotopic (exact) mass is 433 g/mol. The number of carbonyl (C=O) groups is 3. The molecule has 1 saturated heterocycles. The number of ether oxygens (including phenoxy) is 1. The topological polar surface area (TPSA) is 132 Å². The van der Waals surface area contributed by atoms with E-state index in [2.05, 4.69) is 5.32 Å². The van der Waals surface area contributed by atoms with Crippen molar-refractivity contribution in [1.82, 2.24) is 5.32 Å². The van der Waals surface area contributed by atoms with E-state index in [0.717, 1.165) is 4.90 Å². The van der Waals surface area contributed by atoms with E-state index in [1.165, 1.54) is 49.6 Å². The number of non-ortho nitro benzene ring substituents is 1. The predicted molar refractivity (Wildman–Crippen MR) is 113 cm³/mol. The zero-order valence-electron chi connectivity index (χ0n) is 16.6. The van der Waals surface area contributed by atoms with Crippen LogP contribution in [0.4, 0.5) is 16.2 Å². The van der Waals surface area contributed by atoms with Crippen LogP contribution in [0.1, 0.15) is 5.76 Å². The van der Waals surface area contributed by atoms with Crippen molar-refractivity contribution in [3.8, 4) is 17.1 Å². The van der Waals surface area contributed by atoms with Crippen LogP contribution in [0.3, 0.4) is 0 Å². The van der Waals surface area contributed by atoms with E-state index in [-0.39, 0.29) is 22.7 Å². The highest BCUT2D eigenvalue weighted by molar-refractivity contribution is 6.39. The van der Waals surface area contributed by atoms with Gasteiger partial charge in [0.25, 0.3) is 17.5 Å². The highest BCUT2D eigenvalue weighted by Crippen LogP contribution is 2.28. The number of imide groups is 2. The number of urea groups is 1. The van der Waals surface area contributed by atoms with E-state index in [1.807, 2.05) is 0 Å². The average molecular weight is 433 g/mol. The lowest BCUT2D eigenvalue weighted by molar-refractivity contribution is -0.384. The number of carbonyl (C=O) groups excluding carboxylic acids is 3. The van der Waals surface area contributed by atoms with E-state index >= 15 is 0 Å². The molecule has 1 aliphatic heterocycles. The third-order valence-electron chi connectivity index (χ3n) is 4.69. The summed E-state index contributed by atoms with van der Waals surface area (Å²) in [4.78, 5) is 48.8. The van der Waals surface area contributed by atoms with E-state index in [0.29, 0.717) is 17.1 Å². The summed E-state index contributed by atoms with van der Waals surface area (Å²) in [7, 11) is 1.48.